The highest BCUT2D eigenvalue weighted by molar-refractivity contribution is 4.73. The van der Waals surface area contributed by atoms with Gasteiger partial charge in [-0.15, -0.1) is 0 Å². The van der Waals surface area contributed by atoms with Crippen molar-refractivity contribution in [2.24, 2.45) is 0 Å². The van der Waals surface area contributed by atoms with Gasteiger partial charge in [-0.25, -0.2) is 0 Å². The van der Waals surface area contributed by atoms with Gasteiger partial charge in [0.15, 0.2) is 0 Å². The Hall–Kier alpha value is -0.160. The van der Waals surface area contributed by atoms with Crippen LogP contribution < -0.4 is 0 Å². The first-order chi connectivity index (χ1) is 9.78. The zero-order valence-electron chi connectivity index (χ0n) is 13.5. The Morgan fingerprint density at radius 3 is 1.75 bits per heavy atom. The van der Waals surface area contributed by atoms with Crippen molar-refractivity contribution < 1.29 is 4.74 Å². The third-order valence-corrected chi connectivity index (χ3v) is 4.78. The van der Waals surface area contributed by atoms with E-state index in [1.807, 2.05) is 7.11 Å². The van der Waals surface area contributed by atoms with Crippen LogP contribution in [0.15, 0.2) is 0 Å². The molecule has 2 rings (SSSR count). The molecular formula is C16H33N3O. The fourth-order valence-electron chi connectivity index (χ4n) is 3.31. The largest absolute Gasteiger partial charge is 0.380 e. The molecule has 0 aromatic carbocycles. The van der Waals surface area contributed by atoms with Crippen LogP contribution in [0.5, 0.6) is 0 Å². The summed E-state index contributed by atoms with van der Waals surface area (Å²) in [7, 11) is 1.82. The lowest BCUT2D eigenvalue weighted by Gasteiger charge is -2.29. The fourth-order valence-corrected chi connectivity index (χ4v) is 3.31. The van der Waals surface area contributed by atoms with E-state index in [-0.39, 0.29) is 0 Å². The van der Waals surface area contributed by atoms with E-state index in [1.165, 1.54) is 78.0 Å². The van der Waals surface area contributed by atoms with E-state index in [0.29, 0.717) is 6.10 Å². The van der Waals surface area contributed by atoms with Crippen LogP contribution in [-0.4, -0.2) is 86.8 Å². The van der Waals surface area contributed by atoms with Gasteiger partial charge in [0.25, 0.3) is 0 Å². The summed E-state index contributed by atoms with van der Waals surface area (Å²) in [4.78, 5) is 7.82. The van der Waals surface area contributed by atoms with Crippen LogP contribution in [0.2, 0.25) is 0 Å². The van der Waals surface area contributed by atoms with Crippen molar-refractivity contribution >= 4 is 0 Å². The van der Waals surface area contributed by atoms with E-state index in [2.05, 4.69) is 21.6 Å². The number of hydrogen-bond donors (Lipinski definition) is 0. The molecule has 2 fully saturated rings. The van der Waals surface area contributed by atoms with Crippen molar-refractivity contribution in [2.45, 2.75) is 38.7 Å². The van der Waals surface area contributed by atoms with E-state index in [4.69, 9.17) is 4.74 Å². The highest BCUT2D eigenvalue weighted by Gasteiger charge is 2.17. The van der Waals surface area contributed by atoms with Crippen LogP contribution >= 0.6 is 0 Å². The second-order valence-corrected chi connectivity index (χ2v) is 6.44. The third-order valence-electron chi connectivity index (χ3n) is 4.78. The Bertz CT molecular complexity index is 230. The standard InChI is InChI=1S/C16H33N3O/c1-16(20-2)15-19(13-11-17-7-3-4-8-17)14-12-18-9-5-6-10-18/h16H,3-15H2,1-2H3. The molecule has 0 spiro atoms. The van der Waals surface area contributed by atoms with E-state index in [0.717, 1.165) is 6.54 Å². The van der Waals surface area contributed by atoms with Crippen LogP contribution in [-0.2, 0) is 4.74 Å². The minimum Gasteiger partial charge on any atom is -0.380 e. The predicted molar refractivity (Wildman–Crippen MR) is 84.3 cm³/mol. The second kappa shape index (κ2) is 8.98. The van der Waals surface area contributed by atoms with Crippen LogP contribution in [0.25, 0.3) is 0 Å². The van der Waals surface area contributed by atoms with Crippen LogP contribution in [0.3, 0.4) is 0 Å². The maximum Gasteiger partial charge on any atom is 0.0670 e. The van der Waals surface area contributed by atoms with E-state index in [1.54, 1.807) is 0 Å². The van der Waals surface area contributed by atoms with Crippen LogP contribution in [0, 0.1) is 0 Å². The van der Waals surface area contributed by atoms with Crippen molar-refractivity contribution in [2.75, 3.05) is 66.0 Å². The Morgan fingerprint density at radius 1 is 0.900 bits per heavy atom. The van der Waals surface area contributed by atoms with Gasteiger partial charge < -0.3 is 14.5 Å². The Balaban J connectivity index is 1.69. The predicted octanol–water partition coefficient (Wildman–Crippen LogP) is 1.51. The molecule has 0 bridgehead atoms. The van der Waals surface area contributed by atoms with Crippen LogP contribution in [0.4, 0.5) is 0 Å². The molecule has 0 aromatic rings. The molecule has 118 valence electrons. The topological polar surface area (TPSA) is 19.0 Å². The summed E-state index contributed by atoms with van der Waals surface area (Å²) in [6.07, 6.45) is 5.90. The number of methoxy groups -OCH3 is 1. The summed E-state index contributed by atoms with van der Waals surface area (Å²) >= 11 is 0. The summed E-state index contributed by atoms with van der Waals surface area (Å²) in [6, 6.07) is 0. The van der Waals surface area contributed by atoms with E-state index >= 15 is 0 Å². The maximum absolute atomic E-state index is 5.46. The smallest absolute Gasteiger partial charge is 0.0670 e. The third kappa shape index (κ3) is 5.68. The lowest BCUT2D eigenvalue weighted by Crippen LogP contribution is -2.41. The van der Waals surface area contributed by atoms with Crippen molar-refractivity contribution in [3.8, 4) is 0 Å². The maximum atomic E-state index is 5.46. The SMILES string of the molecule is COC(C)CN(CCN1CCCC1)CCN1CCCC1. The molecule has 2 saturated heterocycles. The molecular weight excluding hydrogens is 250 g/mol. The quantitative estimate of drug-likeness (QED) is 0.638. The highest BCUT2D eigenvalue weighted by atomic mass is 16.5. The van der Waals surface area contributed by atoms with Gasteiger partial charge in [0.2, 0.25) is 0 Å². The van der Waals surface area contributed by atoms with Crippen molar-refractivity contribution in [3.05, 3.63) is 0 Å². The van der Waals surface area contributed by atoms with Gasteiger partial charge in [0.1, 0.15) is 0 Å². The molecule has 20 heavy (non-hydrogen) atoms. The molecule has 0 amide bonds. The molecule has 1 unspecified atom stereocenters. The zero-order chi connectivity index (χ0) is 14.2. The highest BCUT2D eigenvalue weighted by Crippen LogP contribution is 2.09. The number of nitrogens with zero attached hydrogens (tertiary/aromatic N) is 3. The Labute approximate surface area is 125 Å². The van der Waals surface area contributed by atoms with Crippen molar-refractivity contribution in [1.82, 2.24) is 14.7 Å². The molecule has 0 aliphatic carbocycles. The monoisotopic (exact) mass is 283 g/mol. The van der Waals surface area contributed by atoms with E-state index in [9.17, 15) is 0 Å². The van der Waals surface area contributed by atoms with Crippen LogP contribution in [0.1, 0.15) is 32.6 Å². The van der Waals surface area contributed by atoms with Gasteiger partial charge >= 0.3 is 0 Å². The molecule has 0 N–H and O–H groups in total. The number of likely N-dealkylation sites (tertiary alicyclic amines) is 2. The Kier molecular flexibility index (Phi) is 7.28. The van der Waals surface area contributed by atoms with Crippen molar-refractivity contribution in [3.63, 3.8) is 0 Å². The molecule has 4 nitrogen and oxygen atoms in total. The van der Waals surface area contributed by atoms with Gasteiger partial charge in [-0.3, -0.25) is 4.90 Å². The first-order valence-electron chi connectivity index (χ1n) is 8.48. The molecule has 1 atom stereocenters. The molecule has 2 aliphatic heterocycles. The average Bonchev–Trinajstić information content (AvgIpc) is 3.14. The zero-order valence-corrected chi connectivity index (χ0v) is 13.5. The summed E-state index contributed by atoms with van der Waals surface area (Å²) in [5, 5.41) is 0. The first-order valence-corrected chi connectivity index (χ1v) is 8.48. The molecule has 0 radical (unpaired) electrons. The van der Waals surface area contributed by atoms with Gasteiger partial charge in [0.05, 0.1) is 6.10 Å². The fraction of sp³-hybridized carbons (Fsp3) is 1.00. The second-order valence-electron chi connectivity index (χ2n) is 6.44. The number of hydrogen-bond acceptors (Lipinski definition) is 4. The summed E-state index contributed by atoms with van der Waals surface area (Å²) in [5.74, 6) is 0. The summed E-state index contributed by atoms with van der Waals surface area (Å²) in [5.41, 5.74) is 0. The molecule has 0 aromatic heterocycles. The summed E-state index contributed by atoms with van der Waals surface area (Å²) < 4.78 is 5.46. The molecule has 4 heteroatoms. The molecule has 2 heterocycles. The minimum atomic E-state index is 0.340. The molecule has 0 saturated carbocycles. The number of ether oxygens (including phenoxy) is 1. The van der Waals surface area contributed by atoms with Gasteiger partial charge in [0, 0.05) is 39.8 Å². The van der Waals surface area contributed by atoms with Gasteiger partial charge in [-0.2, -0.15) is 0 Å². The van der Waals surface area contributed by atoms with Gasteiger partial charge in [-0.05, 0) is 58.8 Å². The van der Waals surface area contributed by atoms with E-state index < -0.39 is 0 Å². The molecule has 2 aliphatic rings. The number of rotatable bonds is 9. The average molecular weight is 283 g/mol. The lowest BCUT2D eigenvalue weighted by atomic mass is 10.3. The Morgan fingerprint density at radius 2 is 1.35 bits per heavy atom. The first kappa shape index (κ1) is 16.2. The minimum absolute atomic E-state index is 0.340. The van der Waals surface area contributed by atoms with Crippen molar-refractivity contribution in [1.29, 1.82) is 0 Å². The van der Waals surface area contributed by atoms with Gasteiger partial charge in [-0.1, -0.05) is 0 Å². The summed E-state index contributed by atoms with van der Waals surface area (Å²) in [6.45, 7) is 13.3. The lowest BCUT2D eigenvalue weighted by molar-refractivity contribution is 0.0700. The normalized spacial score (nSPS) is 22.9.